The monoisotopic (exact) mass is 1880 g/mol. The first kappa shape index (κ1) is 72.6. The molecule has 726 valence electrons. The lowest BCUT2D eigenvalue weighted by atomic mass is 9.33. The van der Waals surface area contributed by atoms with Crippen molar-refractivity contribution >= 4 is 101 Å². The van der Waals surface area contributed by atoms with Gasteiger partial charge in [0.1, 0.15) is 0 Å². The predicted octanol–water partition coefficient (Wildman–Crippen LogP) is 37.2. The van der Waals surface area contributed by atoms with Gasteiger partial charge in [-0.2, -0.15) is 0 Å². The molecular weight excluding hydrogens is 1700 g/mol. The van der Waals surface area contributed by atoms with Crippen LogP contribution in [0.4, 0.5) is 34.1 Å². The van der Waals surface area contributed by atoms with E-state index in [2.05, 4.69) is 142 Å². The number of anilines is 6. The van der Waals surface area contributed by atoms with Crippen molar-refractivity contribution < 1.29 is 34.3 Å². The second kappa shape index (κ2) is 33.5. The first-order chi connectivity index (χ1) is 75.6. The van der Waals surface area contributed by atoms with E-state index in [9.17, 15) is 34.3 Å². The smallest absolute Gasteiger partial charge is 0.252 e. The van der Waals surface area contributed by atoms with Crippen molar-refractivity contribution in [1.82, 2.24) is 9.13 Å². The number of aromatic nitrogens is 2. The highest BCUT2D eigenvalue weighted by Crippen LogP contribution is 2.60. The number of benzene rings is 14. The van der Waals surface area contributed by atoms with Gasteiger partial charge in [-0.15, -0.1) is 0 Å². The number of fused-ring (bicyclic) bond motifs is 10. The Morgan fingerprint density at radius 3 is 1.04 bits per heavy atom. The Balaban J connectivity index is 1.28. The van der Waals surface area contributed by atoms with Crippen LogP contribution in [0.5, 0.6) is 0 Å². The largest absolute Gasteiger partial charge is 0.310 e. The van der Waals surface area contributed by atoms with Gasteiger partial charge < -0.3 is 18.9 Å². The molecule has 0 saturated heterocycles. The predicted molar refractivity (Wildman–Crippen MR) is 619 cm³/mol. The summed E-state index contributed by atoms with van der Waals surface area (Å²) in [6, 6.07) is 22.2. The normalized spacial score (nSPS) is 16.5. The van der Waals surface area contributed by atoms with E-state index >= 15 is 0 Å². The summed E-state index contributed by atoms with van der Waals surface area (Å²) in [5.74, 6) is 0. The van der Waals surface area contributed by atoms with Crippen molar-refractivity contribution in [3.8, 4) is 67.0 Å². The van der Waals surface area contributed by atoms with E-state index in [0.717, 1.165) is 44.1 Å². The van der Waals surface area contributed by atoms with Gasteiger partial charge in [0.25, 0.3) is 6.71 Å². The Bertz CT molecular complexity index is 9050. The van der Waals surface area contributed by atoms with Gasteiger partial charge in [-0.25, -0.2) is 0 Å². The number of rotatable bonds is 9. The Kier molecular flexibility index (Phi) is 17.2. The lowest BCUT2D eigenvalue weighted by Gasteiger charge is -2.46. The van der Waals surface area contributed by atoms with Gasteiger partial charge in [0, 0.05) is 72.2 Å². The summed E-state index contributed by atoms with van der Waals surface area (Å²) in [5.41, 5.74) is -5.92. The fraction of sp³-hybridized carbons (Fsp3) is 0.382. The van der Waals surface area contributed by atoms with Gasteiger partial charge in [0.05, 0.1) is 73.4 Å². The van der Waals surface area contributed by atoms with Crippen LogP contribution in [-0.4, -0.2) is 15.8 Å². The van der Waals surface area contributed by atoms with Crippen LogP contribution in [0.25, 0.3) is 111 Å². The summed E-state index contributed by atoms with van der Waals surface area (Å²) < 4.78 is 278. The number of hydrogen-bond donors (Lipinski definition) is 0. The lowest BCUT2D eigenvalue weighted by Crippen LogP contribution is -2.61. The second-order valence-corrected chi connectivity index (χ2v) is 53.3. The molecule has 0 amide bonds. The Morgan fingerprint density at radius 2 is 0.596 bits per heavy atom. The summed E-state index contributed by atoms with van der Waals surface area (Å²) >= 11 is 0. The van der Waals surface area contributed by atoms with Gasteiger partial charge in [-0.05, 0) is 283 Å². The van der Waals surface area contributed by atoms with Crippen LogP contribution in [0, 0.1) is 0 Å². The topological polar surface area (TPSA) is 16.3 Å². The van der Waals surface area contributed by atoms with Crippen molar-refractivity contribution in [2.45, 2.75) is 340 Å². The van der Waals surface area contributed by atoms with Gasteiger partial charge in [-0.1, -0.05) is 433 Å². The van der Waals surface area contributed by atoms with Gasteiger partial charge >= 0.3 is 0 Å². The van der Waals surface area contributed by atoms with Crippen molar-refractivity contribution in [2.75, 3.05) is 9.80 Å². The van der Waals surface area contributed by atoms with Crippen molar-refractivity contribution in [1.29, 1.82) is 0 Å². The molecule has 14 aromatic carbocycles. The second-order valence-electron chi connectivity index (χ2n) is 53.3. The highest BCUT2D eigenvalue weighted by Gasteiger charge is 2.48. The van der Waals surface area contributed by atoms with Crippen molar-refractivity contribution in [3.63, 3.8) is 0 Å². The molecule has 0 aliphatic carbocycles. The summed E-state index contributed by atoms with van der Waals surface area (Å²) in [6.45, 7) is 74.8. The molecule has 5 heteroatoms. The molecule has 2 aliphatic heterocycles. The van der Waals surface area contributed by atoms with Crippen LogP contribution in [-0.2, 0) is 70.4 Å². The fourth-order valence-corrected chi connectivity index (χ4v) is 19.9. The van der Waals surface area contributed by atoms with Crippen molar-refractivity contribution in [3.05, 3.63) is 327 Å². The highest BCUT2D eigenvalue weighted by atomic mass is 15.2. The fourth-order valence-electron chi connectivity index (χ4n) is 19.9. The van der Waals surface area contributed by atoms with Crippen LogP contribution >= 0.6 is 0 Å². The highest BCUT2D eigenvalue weighted by molar-refractivity contribution is 7.00. The van der Waals surface area contributed by atoms with E-state index in [1.165, 1.54) is 4.57 Å². The first-order valence-corrected chi connectivity index (χ1v) is 50.4. The standard InChI is InChI=1S/C136H159BN4/c1-124(2,3)86-54-51-82(52-55-86)101-74-94(132(25,26)27)76-105(98-60-56-89(127(10,11)12)78-109(98)136(37,38)39)122(101)141-117-79-96(138-114-63-57-87(125(4,5)6)72-103(114)104-73-88(126(7,8)9)58-64-115(104)138)59-62-111(117)137-110-61-53-83(84-65-90(128(13,14)15)70-91(66-84)129(16,17)18)69-116(110)140(118-80-97(81-119(141)121(118)137)139-112-49-42-40-45-99(112)100-46-41-43-50-113(100)139)123-102(85-67-92(130(19,20)21)71-93(68-85)131(22,23)24)75-95(133(28,29)30)77-106(123)120-107(134(31,32)33)47-44-48-108(120)135(34,35)36/h40-81H,1-39H3/i40D,41D,42D,43D,44D,45D,46D,47D,48D,49D,50D,51D,52D,54D,55D,56D,60D,67D,68D,71D,74D,75D,76D,77D,78D. The maximum atomic E-state index is 12.3. The number of nitrogens with zero attached hydrogens (tertiary/aromatic N) is 4. The molecule has 16 aromatic rings. The minimum Gasteiger partial charge on any atom is -0.310 e. The van der Waals surface area contributed by atoms with Gasteiger partial charge in [-0.3, -0.25) is 0 Å². The molecule has 0 unspecified atom stereocenters. The molecular formula is C136H159BN4. The lowest BCUT2D eigenvalue weighted by molar-refractivity contribution is 0.568. The van der Waals surface area contributed by atoms with E-state index < -0.39 is 185 Å². The van der Waals surface area contributed by atoms with E-state index in [4.69, 9.17) is 0 Å². The molecule has 2 aromatic heterocycles. The van der Waals surface area contributed by atoms with Crippen LogP contribution < -0.4 is 26.2 Å². The maximum absolute atomic E-state index is 12.3. The van der Waals surface area contributed by atoms with Crippen LogP contribution in [0.15, 0.2) is 254 Å². The van der Waals surface area contributed by atoms with E-state index in [1.807, 2.05) is 207 Å². The van der Waals surface area contributed by atoms with Crippen LogP contribution in [0.1, 0.15) is 377 Å². The Hall–Kier alpha value is -11.7. The molecule has 4 heterocycles. The number of para-hydroxylation sites is 2. The molecule has 0 spiro atoms. The SMILES string of the molecule is [2H]c1c([2H])c(C(C)(C)C)c(-c2c([2H])c(C(C)(C)C)c([2H])c(-c3c([2H])c(C(C)(C)C)c([2H])c(C(C)(C)C)c3[2H])c2N2c3cc(-c4cc(C(C)(C)C)cc(C(C)(C)C)c4)ccc3B3c4ccc(-n5c6ccc(C(C)(C)C)cc6c6cc(C(C)(C)C)ccc65)cc4N(c4c(-c5c([2H])c([2H])c(C(C)(C)C)c([2H])c5[2H])c([2H])c(C(C)(C)C)c([2H])c4-c4c([2H])c([2H])c(C(C)(C)C)c([2H])c4C(C)(C)C)c4cc(-n5c6c([2H])c([2H])c([2H])c([2H])c6c6c([2H])c([2H])c([2H])c([2H])c65)cc2c43)c(C(C)(C)C)c1[2H]. The maximum Gasteiger partial charge on any atom is 0.252 e. The summed E-state index contributed by atoms with van der Waals surface area (Å²) in [5, 5.41) is 1.08. The van der Waals surface area contributed by atoms with Crippen LogP contribution in [0.3, 0.4) is 0 Å². The molecule has 0 fully saturated rings. The van der Waals surface area contributed by atoms with Gasteiger partial charge in [0.15, 0.2) is 0 Å². The summed E-state index contributed by atoms with van der Waals surface area (Å²) in [4.78, 5) is 3.70. The first-order valence-electron chi connectivity index (χ1n) is 62.9. The average Bonchev–Trinajstić information content (AvgIpc) is 0.905. The molecule has 4 nitrogen and oxygen atoms in total. The average molecular weight is 1890 g/mol. The third-order valence-electron chi connectivity index (χ3n) is 28.3. The molecule has 0 radical (unpaired) electrons. The molecule has 0 saturated carbocycles. The molecule has 18 rings (SSSR count). The minimum atomic E-state index is -1.37. The summed E-state index contributed by atoms with van der Waals surface area (Å²) in [7, 11) is 0. The van der Waals surface area contributed by atoms with E-state index in [0.29, 0.717) is 27.7 Å². The molecule has 2 aliphatic rings. The van der Waals surface area contributed by atoms with Crippen LogP contribution in [0.2, 0.25) is 0 Å². The zero-order chi connectivity index (χ0) is 124. The molecule has 0 N–H and O–H groups in total. The van der Waals surface area contributed by atoms with E-state index in [1.54, 1.807) is 37.8 Å². The Morgan fingerprint density at radius 1 is 0.213 bits per heavy atom. The van der Waals surface area contributed by atoms with Crippen molar-refractivity contribution in [2.24, 2.45) is 0 Å². The number of hydrogen-bond acceptors (Lipinski definition) is 2. The quantitative estimate of drug-likeness (QED) is 0.134. The summed E-state index contributed by atoms with van der Waals surface area (Å²) in [6.07, 6.45) is 0. The van der Waals surface area contributed by atoms with E-state index in [-0.39, 0.29) is 204 Å². The van der Waals surface area contributed by atoms with Gasteiger partial charge in [0.2, 0.25) is 0 Å². The minimum absolute atomic E-state index is 0.00145. The Labute approximate surface area is 883 Å². The molecule has 0 atom stereocenters. The zero-order valence-electron chi connectivity index (χ0n) is 116. The third-order valence-corrected chi connectivity index (χ3v) is 28.3. The third kappa shape index (κ3) is 18.0. The zero-order valence-corrected chi connectivity index (χ0v) is 91.2. The molecule has 141 heavy (non-hydrogen) atoms. The molecule has 0 bridgehead atoms.